The number of carbonyl (C=O) groups is 2. The fourth-order valence-electron chi connectivity index (χ4n) is 2.44. The summed E-state index contributed by atoms with van der Waals surface area (Å²) in [6.45, 7) is 2.14. The summed E-state index contributed by atoms with van der Waals surface area (Å²) in [4.78, 5) is 24.8. The number of benzene rings is 1. The summed E-state index contributed by atoms with van der Waals surface area (Å²) in [5.41, 5.74) is 1.29. The Labute approximate surface area is 156 Å². The third kappa shape index (κ3) is 5.82. The van der Waals surface area contributed by atoms with E-state index >= 15 is 0 Å². The summed E-state index contributed by atoms with van der Waals surface area (Å²) in [7, 11) is 0. The average Bonchev–Trinajstić information content (AvgIpc) is 3.10. The van der Waals surface area contributed by atoms with E-state index in [2.05, 4.69) is 16.0 Å². The normalized spacial score (nSPS) is 16.6. The summed E-state index contributed by atoms with van der Waals surface area (Å²) in [6, 6.07) is 10.7. The van der Waals surface area contributed by atoms with Crippen molar-refractivity contribution in [3.05, 3.63) is 46.7 Å². The maximum absolute atomic E-state index is 12.1. The lowest BCUT2D eigenvalue weighted by molar-refractivity contribution is -0.119. The lowest BCUT2D eigenvalue weighted by atomic mass is 10.2. The molecule has 134 valence electrons. The SMILES string of the molecule is Cl.O=C(CC1CNCCO1)Nc1cccc(NC(=O)c2cccs2)c1. The standard InChI is InChI=1S/C17H19N3O3S.ClH/c21-16(10-14-11-18-6-7-23-14)19-12-3-1-4-13(9-12)20-17(22)15-5-2-8-24-15;/h1-5,8-9,14,18H,6-7,10-11H2,(H,19,21)(H,20,22);1H. The van der Waals surface area contributed by atoms with Gasteiger partial charge >= 0.3 is 0 Å². The maximum atomic E-state index is 12.1. The van der Waals surface area contributed by atoms with Crippen molar-refractivity contribution in [3.8, 4) is 0 Å². The van der Waals surface area contributed by atoms with Crippen molar-refractivity contribution >= 4 is 46.9 Å². The number of ether oxygens (including phenoxy) is 1. The molecule has 1 aromatic heterocycles. The van der Waals surface area contributed by atoms with Crippen LogP contribution in [0.2, 0.25) is 0 Å². The minimum atomic E-state index is -0.157. The van der Waals surface area contributed by atoms with Crippen molar-refractivity contribution in [3.63, 3.8) is 0 Å². The van der Waals surface area contributed by atoms with Crippen LogP contribution in [0.4, 0.5) is 11.4 Å². The topological polar surface area (TPSA) is 79.5 Å². The first-order valence-electron chi connectivity index (χ1n) is 7.78. The molecule has 6 nitrogen and oxygen atoms in total. The van der Waals surface area contributed by atoms with Crippen LogP contribution in [-0.4, -0.2) is 37.6 Å². The van der Waals surface area contributed by atoms with E-state index in [0.29, 0.717) is 35.8 Å². The van der Waals surface area contributed by atoms with Crippen molar-refractivity contribution < 1.29 is 14.3 Å². The molecule has 1 fully saturated rings. The van der Waals surface area contributed by atoms with Crippen LogP contribution in [-0.2, 0) is 9.53 Å². The molecule has 1 aromatic carbocycles. The first kappa shape index (κ1) is 19.4. The molecule has 1 unspecified atom stereocenters. The van der Waals surface area contributed by atoms with Gasteiger partial charge in [-0.25, -0.2) is 0 Å². The Morgan fingerprint density at radius 1 is 1.20 bits per heavy atom. The van der Waals surface area contributed by atoms with E-state index in [1.807, 2.05) is 11.4 Å². The minimum absolute atomic E-state index is 0. The summed E-state index contributed by atoms with van der Waals surface area (Å²) in [5.74, 6) is -0.263. The number of amides is 2. The lowest BCUT2D eigenvalue weighted by Gasteiger charge is -2.23. The number of halogens is 1. The Morgan fingerprint density at radius 3 is 2.68 bits per heavy atom. The molecule has 0 bridgehead atoms. The van der Waals surface area contributed by atoms with Gasteiger partial charge in [0.25, 0.3) is 5.91 Å². The summed E-state index contributed by atoms with van der Waals surface area (Å²) >= 11 is 1.38. The van der Waals surface area contributed by atoms with Gasteiger partial charge in [-0.05, 0) is 29.6 Å². The van der Waals surface area contributed by atoms with Gasteiger partial charge in [0, 0.05) is 24.5 Å². The Hall–Kier alpha value is -1.93. The molecule has 0 saturated carbocycles. The molecule has 1 atom stereocenters. The number of nitrogens with one attached hydrogen (secondary N) is 3. The van der Waals surface area contributed by atoms with Gasteiger partial charge in [0.2, 0.25) is 5.91 Å². The van der Waals surface area contributed by atoms with E-state index in [4.69, 9.17) is 4.74 Å². The molecular weight excluding hydrogens is 362 g/mol. The van der Waals surface area contributed by atoms with E-state index in [0.717, 1.165) is 6.54 Å². The fourth-order valence-corrected chi connectivity index (χ4v) is 3.06. The molecule has 3 rings (SSSR count). The molecule has 0 radical (unpaired) electrons. The summed E-state index contributed by atoms with van der Waals surface area (Å²) in [5, 5.41) is 10.7. The molecule has 1 aliphatic rings. The van der Waals surface area contributed by atoms with Gasteiger partial charge in [-0.2, -0.15) is 0 Å². The number of anilines is 2. The Kier molecular flexibility index (Phi) is 7.39. The van der Waals surface area contributed by atoms with Crippen molar-refractivity contribution in [2.24, 2.45) is 0 Å². The molecule has 25 heavy (non-hydrogen) atoms. The van der Waals surface area contributed by atoms with Crippen LogP contribution in [0.5, 0.6) is 0 Å². The second-order valence-corrected chi connectivity index (χ2v) is 6.41. The molecule has 2 amide bonds. The van der Waals surface area contributed by atoms with E-state index in [1.54, 1.807) is 30.3 Å². The van der Waals surface area contributed by atoms with Crippen LogP contribution in [0.1, 0.15) is 16.1 Å². The van der Waals surface area contributed by atoms with Gasteiger partial charge in [-0.15, -0.1) is 23.7 Å². The second kappa shape index (κ2) is 9.53. The van der Waals surface area contributed by atoms with E-state index < -0.39 is 0 Å². The number of hydrogen-bond donors (Lipinski definition) is 3. The monoisotopic (exact) mass is 381 g/mol. The van der Waals surface area contributed by atoms with Crippen molar-refractivity contribution in [1.29, 1.82) is 0 Å². The number of hydrogen-bond acceptors (Lipinski definition) is 5. The summed E-state index contributed by atoms with van der Waals surface area (Å²) < 4.78 is 5.52. The average molecular weight is 382 g/mol. The second-order valence-electron chi connectivity index (χ2n) is 5.46. The van der Waals surface area contributed by atoms with Gasteiger partial charge in [-0.1, -0.05) is 12.1 Å². The van der Waals surface area contributed by atoms with Crippen molar-refractivity contribution in [2.45, 2.75) is 12.5 Å². The molecule has 0 aliphatic carbocycles. The molecule has 1 saturated heterocycles. The van der Waals surface area contributed by atoms with E-state index in [1.165, 1.54) is 11.3 Å². The molecule has 1 aliphatic heterocycles. The van der Waals surface area contributed by atoms with Crippen LogP contribution in [0, 0.1) is 0 Å². The fraction of sp³-hybridized carbons (Fsp3) is 0.294. The highest BCUT2D eigenvalue weighted by atomic mass is 35.5. The molecule has 2 aromatic rings. The summed E-state index contributed by atoms with van der Waals surface area (Å²) in [6.07, 6.45) is 0.208. The van der Waals surface area contributed by atoms with Crippen LogP contribution in [0.3, 0.4) is 0 Å². The molecule has 8 heteroatoms. The predicted octanol–water partition coefficient (Wildman–Crippen LogP) is 2.74. The zero-order chi connectivity index (χ0) is 16.8. The zero-order valence-corrected chi connectivity index (χ0v) is 15.1. The lowest BCUT2D eigenvalue weighted by Crippen LogP contribution is -2.40. The van der Waals surface area contributed by atoms with Crippen LogP contribution in [0.25, 0.3) is 0 Å². The van der Waals surface area contributed by atoms with Gasteiger partial charge < -0.3 is 20.7 Å². The highest BCUT2D eigenvalue weighted by Gasteiger charge is 2.17. The quantitative estimate of drug-likeness (QED) is 0.744. The maximum Gasteiger partial charge on any atom is 0.265 e. The highest BCUT2D eigenvalue weighted by Crippen LogP contribution is 2.18. The molecule has 0 spiro atoms. The highest BCUT2D eigenvalue weighted by molar-refractivity contribution is 7.12. The molecule has 3 N–H and O–H groups in total. The first-order chi connectivity index (χ1) is 11.7. The van der Waals surface area contributed by atoms with Gasteiger partial charge in [0.15, 0.2) is 0 Å². The number of thiophene rings is 1. The number of rotatable bonds is 5. The largest absolute Gasteiger partial charge is 0.375 e. The molecular formula is C17H20ClN3O3S. The predicted molar refractivity (Wildman–Crippen MR) is 102 cm³/mol. The van der Waals surface area contributed by atoms with Gasteiger partial charge in [0.05, 0.1) is 24.0 Å². The minimum Gasteiger partial charge on any atom is -0.375 e. The smallest absolute Gasteiger partial charge is 0.265 e. The number of morpholine rings is 1. The number of carbonyl (C=O) groups excluding carboxylic acids is 2. The third-order valence-corrected chi connectivity index (χ3v) is 4.44. The van der Waals surface area contributed by atoms with Crippen molar-refractivity contribution in [2.75, 3.05) is 30.3 Å². The third-order valence-electron chi connectivity index (χ3n) is 3.57. The zero-order valence-electron chi connectivity index (χ0n) is 13.5. The van der Waals surface area contributed by atoms with E-state index in [9.17, 15) is 9.59 Å². The van der Waals surface area contributed by atoms with Gasteiger partial charge in [-0.3, -0.25) is 9.59 Å². The molecule has 2 heterocycles. The van der Waals surface area contributed by atoms with Crippen molar-refractivity contribution in [1.82, 2.24) is 5.32 Å². The van der Waals surface area contributed by atoms with E-state index in [-0.39, 0.29) is 30.3 Å². The Morgan fingerprint density at radius 2 is 2.00 bits per heavy atom. The first-order valence-corrected chi connectivity index (χ1v) is 8.66. The Bertz CT molecular complexity index is 703. The Balaban J connectivity index is 0.00000225. The van der Waals surface area contributed by atoms with Gasteiger partial charge in [0.1, 0.15) is 0 Å². The van der Waals surface area contributed by atoms with Crippen LogP contribution in [0.15, 0.2) is 41.8 Å². The van der Waals surface area contributed by atoms with Crippen LogP contribution < -0.4 is 16.0 Å². The van der Waals surface area contributed by atoms with Crippen LogP contribution >= 0.6 is 23.7 Å².